The second kappa shape index (κ2) is 3.55. The van der Waals surface area contributed by atoms with Gasteiger partial charge in [-0.05, 0) is 19.1 Å². The number of aromatic nitrogens is 4. The van der Waals surface area contributed by atoms with Crippen LogP contribution in [0.4, 0.5) is 0 Å². The molecule has 0 aliphatic rings. The number of carbonyl (C=O) groups excluding carboxylic acids is 1. The number of para-hydroxylation sites is 1. The molecule has 1 aromatic carbocycles. The standard InChI is InChI=1S/C12H10N4O/c1-8-12(16(7-17)15-14-8)11-6-9-4-2-3-5-10(9)13-11/h2-7,13H,1H3. The largest absolute Gasteiger partial charge is 0.353 e. The summed E-state index contributed by atoms with van der Waals surface area (Å²) in [5.41, 5.74) is 3.31. The highest BCUT2D eigenvalue weighted by Crippen LogP contribution is 2.24. The second-order valence-corrected chi connectivity index (χ2v) is 3.84. The summed E-state index contributed by atoms with van der Waals surface area (Å²) in [7, 11) is 0. The van der Waals surface area contributed by atoms with Crippen LogP contribution in [0.5, 0.6) is 0 Å². The van der Waals surface area contributed by atoms with Gasteiger partial charge in [-0.3, -0.25) is 4.79 Å². The molecule has 3 rings (SSSR count). The zero-order chi connectivity index (χ0) is 11.8. The van der Waals surface area contributed by atoms with Crippen molar-refractivity contribution in [3.63, 3.8) is 0 Å². The van der Waals surface area contributed by atoms with Crippen molar-refractivity contribution in [1.82, 2.24) is 20.0 Å². The first-order chi connectivity index (χ1) is 8.29. The maximum Gasteiger partial charge on any atom is 0.236 e. The Hall–Kier alpha value is -2.43. The first-order valence-corrected chi connectivity index (χ1v) is 5.25. The molecular weight excluding hydrogens is 216 g/mol. The summed E-state index contributed by atoms with van der Waals surface area (Å²) >= 11 is 0. The molecule has 0 unspecified atom stereocenters. The summed E-state index contributed by atoms with van der Waals surface area (Å²) < 4.78 is 1.24. The normalized spacial score (nSPS) is 10.9. The zero-order valence-electron chi connectivity index (χ0n) is 9.21. The summed E-state index contributed by atoms with van der Waals surface area (Å²) in [5.74, 6) is 0. The minimum atomic E-state index is 0.654. The van der Waals surface area contributed by atoms with Gasteiger partial charge in [0.25, 0.3) is 0 Å². The molecule has 17 heavy (non-hydrogen) atoms. The van der Waals surface area contributed by atoms with Gasteiger partial charge >= 0.3 is 0 Å². The van der Waals surface area contributed by atoms with Gasteiger partial charge in [-0.2, -0.15) is 4.68 Å². The van der Waals surface area contributed by atoms with Crippen molar-refractivity contribution in [2.75, 3.05) is 0 Å². The van der Waals surface area contributed by atoms with E-state index in [1.807, 2.05) is 37.3 Å². The van der Waals surface area contributed by atoms with Crippen molar-refractivity contribution in [1.29, 1.82) is 0 Å². The number of benzene rings is 1. The number of H-pyrrole nitrogens is 1. The monoisotopic (exact) mass is 226 g/mol. The van der Waals surface area contributed by atoms with E-state index in [0.717, 1.165) is 22.3 Å². The second-order valence-electron chi connectivity index (χ2n) is 3.84. The number of aromatic amines is 1. The van der Waals surface area contributed by atoms with Crippen molar-refractivity contribution in [2.45, 2.75) is 6.92 Å². The maximum absolute atomic E-state index is 10.9. The van der Waals surface area contributed by atoms with E-state index in [2.05, 4.69) is 15.3 Å². The van der Waals surface area contributed by atoms with Crippen LogP contribution in [0.15, 0.2) is 30.3 Å². The van der Waals surface area contributed by atoms with Crippen molar-refractivity contribution in [3.8, 4) is 11.4 Å². The van der Waals surface area contributed by atoms with Crippen LogP contribution in [0.2, 0.25) is 0 Å². The van der Waals surface area contributed by atoms with E-state index in [1.165, 1.54) is 4.68 Å². The smallest absolute Gasteiger partial charge is 0.236 e. The van der Waals surface area contributed by atoms with Crippen LogP contribution < -0.4 is 0 Å². The van der Waals surface area contributed by atoms with Gasteiger partial charge < -0.3 is 4.98 Å². The molecule has 0 spiro atoms. The average molecular weight is 226 g/mol. The maximum atomic E-state index is 10.9. The van der Waals surface area contributed by atoms with Crippen LogP contribution in [0, 0.1) is 6.92 Å². The zero-order valence-corrected chi connectivity index (χ0v) is 9.21. The Bertz CT molecular complexity index is 662. The van der Waals surface area contributed by atoms with E-state index >= 15 is 0 Å². The van der Waals surface area contributed by atoms with Gasteiger partial charge in [-0.15, -0.1) is 5.10 Å². The third-order valence-electron chi connectivity index (χ3n) is 2.75. The van der Waals surface area contributed by atoms with Crippen molar-refractivity contribution >= 4 is 17.3 Å². The predicted molar refractivity (Wildman–Crippen MR) is 64.2 cm³/mol. The van der Waals surface area contributed by atoms with Crippen LogP contribution in [-0.2, 0) is 4.79 Å². The van der Waals surface area contributed by atoms with Crippen molar-refractivity contribution < 1.29 is 4.79 Å². The summed E-state index contributed by atoms with van der Waals surface area (Å²) in [6.07, 6.45) is 0.654. The number of nitrogens with zero attached hydrogens (tertiary/aromatic N) is 3. The van der Waals surface area contributed by atoms with E-state index in [0.29, 0.717) is 12.1 Å². The highest BCUT2D eigenvalue weighted by atomic mass is 16.1. The Morgan fingerprint density at radius 3 is 2.94 bits per heavy atom. The van der Waals surface area contributed by atoms with E-state index in [4.69, 9.17) is 0 Å². The fourth-order valence-electron chi connectivity index (χ4n) is 1.97. The minimum Gasteiger partial charge on any atom is -0.353 e. The lowest BCUT2D eigenvalue weighted by Gasteiger charge is -1.96. The van der Waals surface area contributed by atoms with Gasteiger partial charge in [0.05, 0.1) is 11.4 Å². The molecular formula is C12H10N4O. The number of aryl methyl sites for hydroxylation is 1. The average Bonchev–Trinajstić information content (AvgIpc) is 2.91. The molecule has 0 aliphatic heterocycles. The Morgan fingerprint density at radius 1 is 1.35 bits per heavy atom. The summed E-state index contributed by atoms with van der Waals surface area (Å²) in [5, 5.41) is 8.75. The van der Waals surface area contributed by atoms with Gasteiger partial charge in [0.2, 0.25) is 6.41 Å². The molecule has 3 aromatic rings. The van der Waals surface area contributed by atoms with Gasteiger partial charge in [0, 0.05) is 10.9 Å². The number of fused-ring (bicyclic) bond motifs is 1. The molecule has 0 radical (unpaired) electrons. The Labute approximate surface area is 97.1 Å². The van der Waals surface area contributed by atoms with Crippen LogP contribution in [0.25, 0.3) is 22.3 Å². The molecule has 0 amide bonds. The molecule has 84 valence electrons. The Balaban J connectivity index is 2.26. The van der Waals surface area contributed by atoms with Gasteiger partial charge in [-0.1, -0.05) is 23.4 Å². The first kappa shape index (κ1) is 9.77. The van der Waals surface area contributed by atoms with E-state index in [-0.39, 0.29) is 0 Å². The van der Waals surface area contributed by atoms with Gasteiger partial charge in [-0.25, -0.2) is 0 Å². The molecule has 0 aliphatic carbocycles. The molecule has 0 bridgehead atoms. The molecule has 2 aromatic heterocycles. The third-order valence-corrected chi connectivity index (χ3v) is 2.75. The Morgan fingerprint density at radius 2 is 2.18 bits per heavy atom. The van der Waals surface area contributed by atoms with Crippen LogP contribution >= 0.6 is 0 Å². The van der Waals surface area contributed by atoms with E-state index in [1.54, 1.807) is 0 Å². The quantitative estimate of drug-likeness (QED) is 0.677. The number of rotatable bonds is 2. The summed E-state index contributed by atoms with van der Waals surface area (Å²) in [6, 6.07) is 9.93. The van der Waals surface area contributed by atoms with Crippen LogP contribution in [-0.4, -0.2) is 26.4 Å². The number of hydrogen-bond donors (Lipinski definition) is 1. The minimum absolute atomic E-state index is 0.654. The third kappa shape index (κ3) is 1.44. The highest BCUT2D eigenvalue weighted by Gasteiger charge is 2.13. The number of hydrogen-bond acceptors (Lipinski definition) is 3. The molecule has 5 nitrogen and oxygen atoms in total. The first-order valence-electron chi connectivity index (χ1n) is 5.25. The van der Waals surface area contributed by atoms with E-state index in [9.17, 15) is 4.79 Å². The van der Waals surface area contributed by atoms with Crippen molar-refractivity contribution in [3.05, 3.63) is 36.0 Å². The van der Waals surface area contributed by atoms with Crippen molar-refractivity contribution in [2.24, 2.45) is 0 Å². The Kier molecular flexibility index (Phi) is 2.04. The number of carbonyl (C=O) groups is 1. The van der Waals surface area contributed by atoms with Crippen LogP contribution in [0.3, 0.4) is 0 Å². The molecule has 1 N–H and O–H groups in total. The summed E-state index contributed by atoms with van der Waals surface area (Å²) in [4.78, 5) is 14.1. The SMILES string of the molecule is Cc1nnn(C=O)c1-c1cc2ccccc2[nH]1. The summed E-state index contributed by atoms with van der Waals surface area (Å²) in [6.45, 7) is 1.83. The van der Waals surface area contributed by atoms with Gasteiger partial charge in [0.15, 0.2) is 0 Å². The van der Waals surface area contributed by atoms with E-state index < -0.39 is 0 Å². The van der Waals surface area contributed by atoms with Gasteiger partial charge in [0.1, 0.15) is 5.69 Å². The lowest BCUT2D eigenvalue weighted by molar-refractivity contribution is 0.539. The lowest BCUT2D eigenvalue weighted by atomic mass is 10.2. The van der Waals surface area contributed by atoms with Crippen LogP contribution in [0.1, 0.15) is 5.69 Å². The fourth-order valence-corrected chi connectivity index (χ4v) is 1.97. The molecule has 0 fully saturated rings. The molecule has 5 heteroatoms. The highest BCUT2D eigenvalue weighted by molar-refractivity contribution is 5.86. The lowest BCUT2D eigenvalue weighted by Crippen LogP contribution is -2.00. The topological polar surface area (TPSA) is 63.6 Å². The molecule has 0 atom stereocenters. The molecule has 0 saturated heterocycles. The predicted octanol–water partition coefficient (Wildman–Crippen LogP) is 1.77. The molecule has 2 heterocycles. The number of nitrogens with one attached hydrogen (secondary N) is 1. The fraction of sp³-hybridized carbons (Fsp3) is 0.0833. The molecule has 0 saturated carbocycles.